The van der Waals surface area contributed by atoms with E-state index in [-0.39, 0.29) is 17.7 Å². The average Bonchev–Trinajstić information content (AvgIpc) is 2.50. The van der Waals surface area contributed by atoms with Crippen LogP contribution in [0, 0.1) is 5.41 Å². The Labute approximate surface area is 145 Å². The predicted octanol–water partition coefficient (Wildman–Crippen LogP) is 3.03. The maximum Gasteiger partial charge on any atom is 0.387 e. The van der Waals surface area contributed by atoms with Crippen molar-refractivity contribution in [3.63, 3.8) is 0 Å². The molecule has 8 heteroatoms. The number of halogens is 3. The summed E-state index contributed by atoms with van der Waals surface area (Å²) in [6.07, 6.45) is 0. The summed E-state index contributed by atoms with van der Waals surface area (Å²) in [7, 11) is 0. The van der Waals surface area contributed by atoms with Crippen molar-refractivity contribution in [3.8, 4) is 5.75 Å². The zero-order valence-corrected chi connectivity index (χ0v) is 14.5. The minimum atomic E-state index is -2.89. The second-order valence-electron chi connectivity index (χ2n) is 5.98. The molecule has 0 saturated carbocycles. The Bertz CT molecular complexity index is 580. The number of nitrogens with one attached hydrogen (secondary N) is 2. The zero-order valence-electron chi connectivity index (χ0n) is 13.7. The van der Waals surface area contributed by atoms with E-state index in [0.29, 0.717) is 36.3 Å². The molecule has 0 radical (unpaired) electrons. The van der Waals surface area contributed by atoms with Crippen LogP contribution < -0.4 is 15.4 Å². The quantitative estimate of drug-likeness (QED) is 0.579. The Balaban J connectivity index is 2.05. The van der Waals surface area contributed by atoms with Gasteiger partial charge in [-0.25, -0.2) is 4.99 Å². The van der Waals surface area contributed by atoms with Crippen LogP contribution in [0.4, 0.5) is 8.78 Å². The van der Waals surface area contributed by atoms with Crippen LogP contribution in [-0.4, -0.2) is 38.9 Å². The van der Waals surface area contributed by atoms with Gasteiger partial charge >= 0.3 is 6.61 Å². The van der Waals surface area contributed by atoms with E-state index in [4.69, 9.17) is 16.3 Å². The van der Waals surface area contributed by atoms with E-state index < -0.39 is 6.61 Å². The summed E-state index contributed by atoms with van der Waals surface area (Å²) in [5.41, 5.74) is 0.592. The third-order valence-corrected chi connectivity index (χ3v) is 3.81. The number of aliphatic imine (C=N–C) groups is 1. The molecule has 0 aliphatic carbocycles. The molecule has 2 rings (SSSR count). The van der Waals surface area contributed by atoms with Crippen molar-refractivity contribution in [1.29, 1.82) is 0 Å². The molecule has 1 saturated heterocycles. The molecule has 1 aliphatic rings. The molecule has 1 aliphatic heterocycles. The second-order valence-corrected chi connectivity index (χ2v) is 6.42. The summed E-state index contributed by atoms with van der Waals surface area (Å²) < 4.78 is 34.7. The predicted molar refractivity (Wildman–Crippen MR) is 89.8 cm³/mol. The van der Waals surface area contributed by atoms with Gasteiger partial charge in [-0.1, -0.05) is 18.5 Å². The van der Waals surface area contributed by atoms with E-state index in [0.717, 1.165) is 6.54 Å². The monoisotopic (exact) mass is 361 g/mol. The maximum absolute atomic E-state index is 12.5. The smallest absolute Gasteiger partial charge is 0.387 e. The lowest BCUT2D eigenvalue weighted by atomic mass is 9.89. The van der Waals surface area contributed by atoms with Gasteiger partial charge < -0.3 is 20.1 Å². The van der Waals surface area contributed by atoms with Gasteiger partial charge in [0.05, 0.1) is 19.8 Å². The molecule has 0 spiro atoms. The van der Waals surface area contributed by atoms with Gasteiger partial charge in [0.15, 0.2) is 5.96 Å². The largest absolute Gasteiger partial charge is 0.434 e. The fourth-order valence-electron chi connectivity index (χ4n) is 2.24. The maximum atomic E-state index is 12.5. The first-order valence-corrected chi connectivity index (χ1v) is 8.13. The van der Waals surface area contributed by atoms with Gasteiger partial charge in [-0.05, 0) is 25.1 Å². The van der Waals surface area contributed by atoms with E-state index in [1.165, 1.54) is 12.1 Å². The van der Waals surface area contributed by atoms with Crippen molar-refractivity contribution in [2.45, 2.75) is 27.0 Å². The summed E-state index contributed by atoms with van der Waals surface area (Å²) in [5, 5.41) is 6.81. The molecule has 0 aromatic heterocycles. The molecule has 0 unspecified atom stereocenters. The Morgan fingerprint density at radius 3 is 2.75 bits per heavy atom. The first kappa shape index (κ1) is 18.7. The van der Waals surface area contributed by atoms with Crippen LogP contribution in [0.2, 0.25) is 5.02 Å². The van der Waals surface area contributed by atoms with Gasteiger partial charge in [0.1, 0.15) is 5.75 Å². The van der Waals surface area contributed by atoms with Crippen LogP contribution in [0.3, 0.4) is 0 Å². The SMILES string of the molecule is CCNC(=NCc1cc(Cl)ccc1OC(F)F)NCC1(C)COC1. The fraction of sp³-hybridized carbons (Fsp3) is 0.562. The molecule has 1 aromatic rings. The van der Waals surface area contributed by atoms with Gasteiger partial charge in [-0.3, -0.25) is 0 Å². The number of nitrogens with zero attached hydrogens (tertiary/aromatic N) is 1. The molecule has 0 amide bonds. The van der Waals surface area contributed by atoms with Crippen LogP contribution in [0.15, 0.2) is 23.2 Å². The Hall–Kier alpha value is -1.60. The molecule has 2 N–H and O–H groups in total. The molecule has 1 aromatic carbocycles. The van der Waals surface area contributed by atoms with Gasteiger partial charge in [-0.2, -0.15) is 8.78 Å². The Kier molecular flexibility index (Phi) is 6.62. The van der Waals surface area contributed by atoms with E-state index in [9.17, 15) is 8.78 Å². The van der Waals surface area contributed by atoms with Crippen molar-refractivity contribution < 1.29 is 18.3 Å². The highest BCUT2D eigenvalue weighted by Gasteiger charge is 2.33. The van der Waals surface area contributed by atoms with Gasteiger partial charge in [0.2, 0.25) is 0 Å². The zero-order chi connectivity index (χ0) is 17.6. The normalized spacial score (nSPS) is 16.7. The van der Waals surface area contributed by atoms with Crippen molar-refractivity contribution in [3.05, 3.63) is 28.8 Å². The molecule has 1 heterocycles. The molecule has 0 bridgehead atoms. The summed E-state index contributed by atoms with van der Waals surface area (Å²) >= 11 is 5.94. The average molecular weight is 362 g/mol. The lowest BCUT2D eigenvalue weighted by Gasteiger charge is -2.38. The molecule has 24 heavy (non-hydrogen) atoms. The number of alkyl halides is 2. The standard InChI is InChI=1S/C16H22ClF2N3O2/c1-3-20-15(22-8-16(2)9-23-10-16)21-7-11-6-12(17)4-5-13(11)24-14(18)19/h4-6,14H,3,7-10H2,1-2H3,(H2,20,21,22). The van der Waals surface area contributed by atoms with Crippen molar-refractivity contribution in [2.24, 2.45) is 10.4 Å². The first-order valence-electron chi connectivity index (χ1n) is 7.75. The lowest BCUT2D eigenvalue weighted by Crippen LogP contribution is -2.51. The molecule has 134 valence electrons. The molecule has 1 fully saturated rings. The molecule has 0 atom stereocenters. The number of hydrogen-bond acceptors (Lipinski definition) is 3. The number of ether oxygens (including phenoxy) is 2. The first-order chi connectivity index (χ1) is 11.4. The van der Waals surface area contributed by atoms with Gasteiger partial charge in [-0.15, -0.1) is 0 Å². The minimum Gasteiger partial charge on any atom is -0.434 e. The molecular weight excluding hydrogens is 340 g/mol. The summed E-state index contributed by atoms with van der Waals surface area (Å²) in [6, 6.07) is 4.51. The lowest BCUT2D eigenvalue weighted by molar-refractivity contribution is -0.0971. The van der Waals surface area contributed by atoms with Crippen molar-refractivity contribution in [2.75, 3.05) is 26.3 Å². The number of guanidine groups is 1. The summed E-state index contributed by atoms with van der Waals surface area (Å²) in [5.74, 6) is 0.682. The van der Waals surface area contributed by atoms with E-state index in [2.05, 4.69) is 27.3 Å². The van der Waals surface area contributed by atoms with E-state index in [1.54, 1.807) is 6.07 Å². The van der Waals surface area contributed by atoms with Crippen LogP contribution in [0.5, 0.6) is 5.75 Å². The second kappa shape index (κ2) is 8.48. The van der Waals surface area contributed by atoms with E-state index >= 15 is 0 Å². The molecular formula is C16H22ClF2N3O2. The third kappa shape index (κ3) is 5.49. The van der Waals surface area contributed by atoms with Gasteiger partial charge in [0, 0.05) is 29.1 Å². The number of hydrogen-bond donors (Lipinski definition) is 2. The Morgan fingerprint density at radius 2 is 2.17 bits per heavy atom. The van der Waals surface area contributed by atoms with Crippen LogP contribution in [0.1, 0.15) is 19.4 Å². The number of benzene rings is 1. The Morgan fingerprint density at radius 1 is 1.42 bits per heavy atom. The van der Waals surface area contributed by atoms with Crippen LogP contribution >= 0.6 is 11.6 Å². The van der Waals surface area contributed by atoms with Crippen LogP contribution in [-0.2, 0) is 11.3 Å². The summed E-state index contributed by atoms with van der Waals surface area (Å²) in [4.78, 5) is 4.42. The van der Waals surface area contributed by atoms with Crippen molar-refractivity contribution >= 4 is 17.6 Å². The highest BCUT2D eigenvalue weighted by atomic mass is 35.5. The summed E-state index contributed by atoms with van der Waals surface area (Å²) in [6.45, 7) is 4.18. The van der Waals surface area contributed by atoms with E-state index in [1.807, 2.05) is 6.92 Å². The van der Waals surface area contributed by atoms with Gasteiger partial charge in [0.25, 0.3) is 0 Å². The number of rotatable bonds is 7. The third-order valence-electron chi connectivity index (χ3n) is 3.57. The topological polar surface area (TPSA) is 54.9 Å². The highest BCUT2D eigenvalue weighted by molar-refractivity contribution is 6.30. The highest BCUT2D eigenvalue weighted by Crippen LogP contribution is 2.26. The minimum absolute atomic E-state index is 0.0772. The van der Waals surface area contributed by atoms with Crippen molar-refractivity contribution in [1.82, 2.24) is 10.6 Å². The fourth-order valence-corrected chi connectivity index (χ4v) is 2.43. The molecule has 5 nitrogen and oxygen atoms in total. The van der Waals surface area contributed by atoms with Crippen LogP contribution in [0.25, 0.3) is 0 Å².